The minimum absolute atomic E-state index is 0.0650. The van der Waals surface area contributed by atoms with Crippen molar-refractivity contribution in [1.82, 2.24) is 15.3 Å². The van der Waals surface area contributed by atoms with Crippen molar-refractivity contribution in [2.75, 3.05) is 5.32 Å². The molecule has 1 saturated carbocycles. The molecule has 162 valence electrons. The number of carbonyl (C=O) groups is 2. The molecule has 0 atom stereocenters. The Hall–Kier alpha value is -2.99. The second-order valence-electron chi connectivity index (χ2n) is 7.08. The van der Waals surface area contributed by atoms with Gasteiger partial charge in [0, 0.05) is 18.5 Å². The molecule has 2 fully saturated rings. The fourth-order valence-electron chi connectivity index (χ4n) is 3.30. The summed E-state index contributed by atoms with van der Waals surface area (Å²) in [4.78, 5) is 31.8. The number of aromatic nitrogens is 2. The van der Waals surface area contributed by atoms with Crippen LogP contribution >= 0.6 is 11.8 Å². The van der Waals surface area contributed by atoms with E-state index in [1.807, 2.05) is 0 Å². The molecule has 0 aromatic carbocycles. The Balaban J connectivity index is 1.32. The number of hydrogen-bond acceptors (Lipinski definition) is 9. The second-order valence-corrected chi connectivity index (χ2v) is 9.65. The summed E-state index contributed by atoms with van der Waals surface area (Å²) in [5, 5.41) is 4.92. The first-order valence-corrected chi connectivity index (χ1v) is 11.8. The lowest BCUT2D eigenvalue weighted by Crippen LogP contribution is -2.27. The molecule has 2 aromatic rings. The van der Waals surface area contributed by atoms with E-state index in [1.165, 1.54) is 24.6 Å². The monoisotopic (exact) mass is 461 g/mol. The SMILES string of the molecule is O=C1NC(=O)/C(=C/c2ccnc(NC3CCC(C=NS(=O)(=O)c4ccco4)CC3)n2)S1. The van der Waals surface area contributed by atoms with Crippen molar-refractivity contribution < 1.29 is 22.4 Å². The van der Waals surface area contributed by atoms with Gasteiger partial charge in [-0.2, -0.15) is 12.8 Å². The molecule has 3 heterocycles. The Labute approximate surface area is 182 Å². The molecule has 10 nitrogen and oxygen atoms in total. The number of sulfonamides is 1. The van der Waals surface area contributed by atoms with Crippen molar-refractivity contribution in [2.24, 2.45) is 10.3 Å². The van der Waals surface area contributed by atoms with Crippen LogP contribution in [0.1, 0.15) is 31.4 Å². The quantitative estimate of drug-likeness (QED) is 0.490. The summed E-state index contributed by atoms with van der Waals surface area (Å²) in [5.74, 6) is 0.0639. The van der Waals surface area contributed by atoms with Crippen molar-refractivity contribution in [1.29, 1.82) is 0 Å². The highest BCUT2D eigenvalue weighted by atomic mass is 32.2. The standard InChI is InChI=1S/C19H19N5O5S2/c25-17-15(30-19(26)24-17)10-14-7-8-20-18(23-14)22-13-5-3-12(4-6-13)11-21-31(27,28)16-2-1-9-29-16/h1-2,7-13H,3-6H2,(H,20,22,23)(H,24,25,26)/b15-10-,21-11?. The van der Waals surface area contributed by atoms with E-state index in [0.717, 1.165) is 37.4 Å². The average molecular weight is 462 g/mol. The molecular weight excluding hydrogens is 442 g/mol. The predicted molar refractivity (Wildman–Crippen MR) is 115 cm³/mol. The fraction of sp³-hybridized carbons (Fsp3) is 0.316. The maximum Gasteiger partial charge on any atom is 0.315 e. The number of anilines is 1. The molecule has 2 amide bonds. The molecule has 0 bridgehead atoms. The smallest absolute Gasteiger partial charge is 0.315 e. The summed E-state index contributed by atoms with van der Waals surface area (Å²) in [5.41, 5.74) is 0.522. The summed E-state index contributed by atoms with van der Waals surface area (Å²) in [6.07, 6.45) is 9.08. The first-order chi connectivity index (χ1) is 14.9. The fourth-order valence-corrected chi connectivity index (χ4v) is 4.83. The number of rotatable bonds is 6. The van der Waals surface area contributed by atoms with Crippen molar-refractivity contribution >= 4 is 51.2 Å². The van der Waals surface area contributed by atoms with Crippen LogP contribution in [0.3, 0.4) is 0 Å². The van der Waals surface area contributed by atoms with Gasteiger partial charge in [0.15, 0.2) is 0 Å². The van der Waals surface area contributed by atoms with E-state index in [-0.39, 0.29) is 17.1 Å². The van der Waals surface area contributed by atoms with Crippen LogP contribution in [0.4, 0.5) is 10.7 Å². The highest BCUT2D eigenvalue weighted by Crippen LogP contribution is 2.27. The molecular formula is C19H19N5O5S2. The van der Waals surface area contributed by atoms with Gasteiger partial charge >= 0.3 is 10.0 Å². The Kier molecular flexibility index (Phi) is 6.18. The van der Waals surface area contributed by atoms with E-state index in [4.69, 9.17) is 4.42 Å². The van der Waals surface area contributed by atoms with Gasteiger partial charge in [0.2, 0.25) is 11.0 Å². The first-order valence-electron chi connectivity index (χ1n) is 9.57. The Bertz CT molecular complexity index is 1140. The minimum atomic E-state index is -3.79. The molecule has 2 aromatic heterocycles. The van der Waals surface area contributed by atoms with Crippen LogP contribution in [0.2, 0.25) is 0 Å². The maximum atomic E-state index is 12.1. The van der Waals surface area contributed by atoms with Crippen molar-refractivity contribution in [3.8, 4) is 0 Å². The van der Waals surface area contributed by atoms with Gasteiger partial charge in [-0.25, -0.2) is 9.97 Å². The van der Waals surface area contributed by atoms with Crippen molar-refractivity contribution in [3.63, 3.8) is 0 Å². The van der Waals surface area contributed by atoms with Crippen LogP contribution < -0.4 is 10.6 Å². The minimum Gasteiger partial charge on any atom is -0.451 e. The molecule has 1 aliphatic heterocycles. The van der Waals surface area contributed by atoms with E-state index in [1.54, 1.807) is 18.3 Å². The maximum absolute atomic E-state index is 12.1. The third-order valence-electron chi connectivity index (χ3n) is 4.86. The van der Waals surface area contributed by atoms with Crippen molar-refractivity contribution in [2.45, 2.75) is 36.8 Å². The van der Waals surface area contributed by atoms with Gasteiger partial charge in [-0.05, 0) is 67.6 Å². The van der Waals surface area contributed by atoms with Crippen LogP contribution in [0.25, 0.3) is 6.08 Å². The van der Waals surface area contributed by atoms with Crippen LogP contribution in [0.15, 0.2) is 49.5 Å². The zero-order valence-corrected chi connectivity index (χ0v) is 17.9. The lowest BCUT2D eigenvalue weighted by atomic mass is 9.87. The Morgan fingerprint density at radius 3 is 2.71 bits per heavy atom. The predicted octanol–water partition coefficient (Wildman–Crippen LogP) is 2.82. The van der Waals surface area contributed by atoms with Crippen molar-refractivity contribution in [3.05, 3.63) is 41.3 Å². The molecule has 31 heavy (non-hydrogen) atoms. The zero-order chi connectivity index (χ0) is 21.8. The van der Waals surface area contributed by atoms with Crippen LogP contribution in [0, 0.1) is 5.92 Å². The summed E-state index contributed by atoms with van der Waals surface area (Å²) < 4.78 is 32.8. The third kappa shape index (κ3) is 5.39. The number of amides is 2. The summed E-state index contributed by atoms with van der Waals surface area (Å²) in [7, 11) is -3.79. The lowest BCUT2D eigenvalue weighted by molar-refractivity contribution is -0.115. The number of nitrogens with zero attached hydrogens (tertiary/aromatic N) is 3. The third-order valence-corrected chi connectivity index (χ3v) is 6.81. The highest BCUT2D eigenvalue weighted by Gasteiger charge is 2.25. The molecule has 1 aliphatic carbocycles. The van der Waals surface area contributed by atoms with Gasteiger partial charge < -0.3 is 9.73 Å². The van der Waals surface area contributed by atoms with Crippen LogP contribution in [-0.4, -0.2) is 41.8 Å². The van der Waals surface area contributed by atoms with E-state index in [0.29, 0.717) is 16.5 Å². The van der Waals surface area contributed by atoms with Gasteiger partial charge in [-0.1, -0.05) is 0 Å². The van der Waals surface area contributed by atoms with Gasteiger partial charge in [0.05, 0.1) is 16.9 Å². The lowest BCUT2D eigenvalue weighted by Gasteiger charge is -2.27. The normalized spacial score (nSPS) is 23.4. The molecule has 2 aliphatic rings. The molecule has 12 heteroatoms. The first kappa shape index (κ1) is 21.2. The van der Waals surface area contributed by atoms with Gasteiger partial charge in [-0.3, -0.25) is 14.9 Å². The number of nitrogens with one attached hydrogen (secondary N) is 2. The molecule has 4 rings (SSSR count). The van der Waals surface area contributed by atoms with Gasteiger partial charge in [-0.15, -0.1) is 0 Å². The molecule has 2 N–H and O–H groups in total. The Morgan fingerprint density at radius 2 is 2.03 bits per heavy atom. The Morgan fingerprint density at radius 1 is 1.23 bits per heavy atom. The van der Waals surface area contributed by atoms with Crippen LogP contribution in [0.5, 0.6) is 0 Å². The number of imide groups is 1. The molecule has 0 spiro atoms. The number of carbonyl (C=O) groups excluding carboxylic acids is 2. The number of furan rings is 1. The van der Waals surface area contributed by atoms with E-state index >= 15 is 0 Å². The molecule has 1 saturated heterocycles. The van der Waals surface area contributed by atoms with Gasteiger partial charge in [0.25, 0.3) is 11.1 Å². The van der Waals surface area contributed by atoms with E-state index < -0.39 is 21.2 Å². The van der Waals surface area contributed by atoms with E-state index in [9.17, 15) is 18.0 Å². The second kappa shape index (κ2) is 9.02. The summed E-state index contributed by atoms with van der Waals surface area (Å²) >= 11 is 0.835. The topological polar surface area (TPSA) is 144 Å². The zero-order valence-electron chi connectivity index (χ0n) is 16.2. The highest BCUT2D eigenvalue weighted by molar-refractivity contribution is 8.18. The summed E-state index contributed by atoms with van der Waals surface area (Å²) in [6.45, 7) is 0. The van der Waals surface area contributed by atoms with Crippen LogP contribution in [-0.2, 0) is 14.8 Å². The largest absolute Gasteiger partial charge is 0.451 e. The summed E-state index contributed by atoms with van der Waals surface area (Å²) in [6, 6.07) is 4.67. The number of thioether (sulfide) groups is 1. The number of hydrogen-bond donors (Lipinski definition) is 2. The van der Waals surface area contributed by atoms with Gasteiger partial charge in [0.1, 0.15) is 0 Å². The molecule has 0 radical (unpaired) electrons. The average Bonchev–Trinajstić information content (AvgIpc) is 3.39. The molecule has 0 unspecified atom stereocenters. The van der Waals surface area contributed by atoms with E-state index in [2.05, 4.69) is 25.0 Å².